The maximum Gasteiger partial charge on any atom is 0.407 e. The number of hydrogen-bond donors (Lipinski definition) is 3. The van der Waals surface area contributed by atoms with Gasteiger partial charge in [-0.15, -0.1) is 0 Å². The lowest BCUT2D eigenvalue weighted by Crippen LogP contribution is -2.39. The fourth-order valence-electron chi connectivity index (χ4n) is 4.69. The molecule has 1 aromatic carbocycles. The zero-order chi connectivity index (χ0) is 27.7. The van der Waals surface area contributed by atoms with Crippen LogP contribution in [0.2, 0.25) is 0 Å². The van der Waals surface area contributed by atoms with Gasteiger partial charge in [0.1, 0.15) is 5.60 Å². The Morgan fingerprint density at radius 2 is 1.76 bits per heavy atom. The molecule has 4 amide bonds. The van der Waals surface area contributed by atoms with E-state index in [9.17, 15) is 19.2 Å². The Balaban J connectivity index is 1.36. The quantitative estimate of drug-likeness (QED) is 0.271. The van der Waals surface area contributed by atoms with E-state index in [-0.39, 0.29) is 30.2 Å². The third-order valence-electron chi connectivity index (χ3n) is 6.49. The van der Waals surface area contributed by atoms with Crippen LogP contribution in [0.1, 0.15) is 96.6 Å². The summed E-state index contributed by atoms with van der Waals surface area (Å²) in [6, 6.07) is 5.58. The second-order valence-corrected chi connectivity index (χ2v) is 10.9. The van der Waals surface area contributed by atoms with E-state index in [0.717, 1.165) is 55.8 Å². The summed E-state index contributed by atoms with van der Waals surface area (Å²) in [5.41, 5.74) is 1.58. The smallest absolute Gasteiger partial charge is 0.407 e. The van der Waals surface area contributed by atoms with Gasteiger partial charge in [0.05, 0.1) is 22.8 Å². The Hall–Kier alpha value is -3.43. The molecule has 2 aromatic rings. The molecule has 0 radical (unpaired) electrons. The Labute approximate surface area is 224 Å². The van der Waals surface area contributed by atoms with E-state index in [0.29, 0.717) is 30.8 Å². The van der Waals surface area contributed by atoms with Crippen molar-refractivity contribution in [2.75, 3.05) is 11.9 Å². The van der Waals surface area contributed by atoms with Crippen LogP contribution < -0.4 is 16.0 Å². The van der Waals surface area contributed by atoms with Crippen LogP contribution in [-0.2, 0) is 26.2 Å². The largest absolute Gasteiger partial charge is 0.444 e. The first kappa shape index (κ1) is 29.1. The zero-order valence-corrected chi connectivity index (χ0v) is 23.0. The minimum Gasteiger partial charge on any atom is -0.444 e. The second-order valence-electron chi connectivity index (χ2n) is 10.9. The fourth-order valence-corrected chi connectivity index (χ4v) is 4.69. The number of ether oxygens (including phenoxy) is 1. The summed E-state index contributed by atoms with van der Waals surface area (Å²) in [7, 11) is 1.79. The van der Waals surface area contributed by atoms with Crippen molar-refractivity contribution in [3.05, 3.63) is 23.9 Å². The van der Waals surface area contributed by atoms with Gasteiger partial charge >= 0.3 is 6.09 Å². The van der Waals surface area contributed by atoms with E-state index in [1.54, 1.807) is 11.7 Å². The average Bonchev–Trinajstić information content (AvgIpc) is 3.16. The van der Waals surface area contributed by atoms with E-state index in [1.165, 1.54) is 0 Å². The van der Waals surface area contributed by atoms with Crippen LogP contribution in [-0.4, -0.2) is 45.7 Å². The Morgan fingerprint density at radius 3 is 2.45 bits per heavy atom. The number of hydrogen-bond acceptors (Lipinski definition) is 6. The van der Waals surface area contributed by atoms with Gasteiger partial charge < -0.3 is 15.4 Å². The summed E-state index contributed by atoms with van der Waals surface area (Å²) >= 11 is 0. The number of unbranched alkanes of at least 4 members (excludes halogenated alkanes) is 6. The van der Waals surface area contributed by atoms with Crippen LogP contribution in [0.3, 0.4) is 0 Å². The molecule has 1 aromatic heterocycles. The molecule has 1 aliphatic rings. The Bertz CT molecular complexity index is 1150. The zero-order valence-electron chi connectivity index (χ0n) is 23.0. The number of nitrogens with zero attached hydrogens (tertiary/aromatic N) is 2. The van der Waals surface area contributed by atoms with Crippen LogP contribution >= 0.6 is 0 Å². The predicted molar refractivity (Wildman–Crippen MR) is 146 cm³/mol. The highest BCUT2D eigenvalue weighted by Crippen LogP contribution is 2.33. The topological polar surface area (TPSA) is 131 Å². The number of amides is 4. The number of anilines is 1. The summed E-state index contributed by atoms with van der Waals surface area (Å²) in [4.78, 5) is 48.1. The number of alkyl carbamates (subject to hydrolysis) is 1. The number of carbonyl (C=O) groups excluding carboxylic acids is 4. The Kier molecular flexibility index (Phi) is 10.3. The number of imide groups is 1. The lowest BCUT2D eigenvalue weighted by Gasteiger charge is -2.19. The van der Waals surface area contributed by atoms with Gasteiger partial charge in [0.25, 0.3) is 0 Å². The number of para-hydroxylation sites is 1. The lowest BCUT2D eigenvalue weighted by atomic mass is 9.92. The molecule has 10 nitrogen and oxygen atoms in total. The van der Waals surface area contributed by atoms with Gasteiger partial charge in [-0.2, -0.15) is 5.10 Å². The van der Waals surface area contributed by atoms with Crippen molar-refractivity contribution in [2.24, 2.45) is 7.05 Å². The number of aryl methyl sites for hydroxylation is 1. The van der Waals surface area contributed by atoms with Crippen molar-refractivity contribution in [1.82, 2.24) is 20.4 Å². The second kappa shape index (κ2) is 13.4. The molecule has 1 saturated heterocycles. The van der Waals surface area contributed by atoms with Crippen molar-refractivity contribution in [1.29, 1.82) is 0 Å². The van der Waals surface area contributed by atoms with E-state index < -0.39 is 11.5 Å². The van der Waals surface area contributed by atoms with Crippen LogP contribution in [0.25, 0.3) is 10.9 Å². The number of aromatic nitrogens is 2. The van der Waals surface area contributed by atoms with Crippen molar-refractivity contribution >= 4 is 40.4 Å². The molecule has 208 valence electrons. The summed E-state index contributed by atoms with van der Waals surface area (Å²) < 4.78 is 6.90. The van der Waals surface area contributed by atoms with Crippen LogP contribution in [0.15, 0.2) is 18.2 Å². The summed E-state index contributed by atoms with van der Waals surface area (Å²) in [6.07, 6.45) is 7.82. The van der Waals surface area contributed by atoms with Gasteiger partial charge in [0.2, 0.25) is 17.7 Å². The number of rotatable bonds is 12. The molecule has 0 spiro atoms. The highest BCUT2D eigenvalue weighted by atomic mass is 16.6. The van der Waals surface area contributed by atoms with Gasteiger partial charge in [-0.25, -0.2) is 4.79 Å². The van der Waals surface area contributed by atoms with Gasteiger partial charge in [-0.1, -0.05) is 44.2 Å². The van der Waals surface area contributed by atoms with Crippen LogP contribution in [0.5, 0.6) is 0 Å². The fraction of sp³-hybridized carbons (Fsp3) is 0.607. The molecule has 2 heterocycles. The number of nitrogens with one attached hydrogen (secondary N) is 3. The predicted octanol–water partition coefficient (Wildman–Crippen LogP) is 4.68. The first-order valence-corrected chi connectivity index (χ1v) is 13.6. The van der Waals surface area contributed by atoms with E-state index in [1.807, 2.05) is 39.0 Å². The lowest BCUT2D eigenvalue weighted by molar-refractivity contribution is -0.134. The number of fused-ring (bicyclic) bond motifs is 1. The van der Waals surface area contributed by atoms with Gasteiger partial charge in [-0.3, -0.25) is 24.4 Å². The molecular formula is C28H41N5O5. The van der Waals surface area contributed by atoms with Crippen LogP contribution in [0.4, 0.5) is 10.5 Å². The third kappa shape index (κ3) is 8.56. The molecule has 3 N–H and O–H groups in total. The molecule has 0 saturated carbocycles. The summed E-state index contributed by atoms with van der Waals surface area (Å²) in [6.45, 7) is 6.16. The first-order chi connectivity index (χ1) is 18.0. The van der Waals surface area contributed by atoms with Crippen molar-refractivity contribution < 1.29 is 23.9 Å². The molecule has 1 aliphatic heterocycles. The molecule has 0 bridgehead atoms. The minimum absolute atomic E-state index is 0.0468. The van der Waals surface area contributed by atoms with E-state index in [2.05, 4.69) is 21.0 Å². The molecule has 0 aliphatic carbocycles. The monoisotopic (exact) mass is 527 g/mol. The third-order valence-corrected chi connectivity index (χ3v) is 6.49. The maximum absolute atomic E-state index is 12.6. The van der Waals surface area contributed by atoms with Gasteiger partial charge in [0, 0.05) is 31.8 Å². The average molecular weight is 528 g/mol. The van der Waals surface area contributed by atoms with Gasteiger partial charge in [0.15, 0.2) is 0 Å². The molecule has 1 unspecified atom stereocenters. The first-order valence-electron chi connectivity index (χ1n) is 13.6. The van der Waals surface area contributed by atoms with Gasteiger partial charge in [-0.05, 0) is 46.1 Å². The normalized spacial score (nSPS) is 15.8. The minimum atomic E-state index is -0.483. The summed E-state index contributed by atoms with van der Waals surface area (Å²) in [5, 5.41) is 13.6. The molecule has 38 heavy (non-hydrogen) atoms. The number of piperidine rings is 1. The van der Waals surface area contributed by atoms with Crippen molar-refractivity contribution in [3.8, 4) is 0 Å². The van der Waals surface area contributed by atoms with E-state index >= 15 is 0 Å². The summed E-state index contributed by atoms with van der Waals surface area (Å²) in [5.74, 6) is -1.11. The molecule has 3 rings (SSSR count). The molecule has 1 fully saturated rings. The highest BCUT2D eigenvalue weighted by molar-refractivity contribution is 6.05. The number of benzene rings is 1. The maximum atomic E-state index is 12.6. The van der Waals surface area contributed by atoms with Crippen molar-refractivity contribution in [2.45, 2.75) is 96.5 Å². The number of carbonyl (C=O) groups is 4. The standard InChI is InChI=1S/C28H41N5O5/c1-28(2,3)38-27(37)29-18-11-9-7-5-6-8-10-15-22(34)30-21-14-12-13-19-24(32-33(4)25(19)21)20-16-17-23(35)31-26(20)36/h12-14,20H,5-11,15-18H2,1-4H3,(H,29,37)(H,30,34)(H,31,35,36). The molecule has 1 atom stereocenters. The Morgan fingerprint density at radius 1 is 1.08 bits per heavy atom. The van der Waals surface area contributed by atoms with E-state index in [4.69, 9.17) is 4.74 Å². The van der Waals surface area contributed by atoms with Crippen LogP contribution in [0, 0.1) is 0 Å². The highest BCUT2D eigenvalue weighted by Gasteiger charge is 2.32. The van der Waals surface area contributed by atoms with Crippen molar-refractivity contribution in [3.63, 3.8) is 0 Å². The molecule has 10 heteroatoms. The SMILES string of the molecule is Cn1nc(C2CCC(=O)NC2=O)c2cccc(NC(=O)CCCCCCCCCNC(=O)OC(C)(C)C)c21. The molecular weight excluding hydrogens is 486 g/mol.